The van der Waals surface area contributed by atoms with Gasteiger partial charge in [0.25, 0.3) is 0 Å². The van der Waals surface area contributed by atoms with Gasteiger partial charge in [-0.1, -0.05) is 0 Å². The van der Waals surface area contributed by atoms with Gasteiger partial charge >= 0.3 is 11.8 Å². The van der Waals surface area contributed by atoms with Crippen LogP contribution in [0.1, 0.15) is 18.5 Å². The minimum atomic E-state index is -0.841. The van der Waals surface area contributed by atoms with Crippen LogP contribution in [0.4, 0.5) is 0 Å². The fraction of sp³-hybridized carbons (Fsp3) is 0.250. The first-order chi connectivity index (χ1) is 6.65. The number of rotatable bonds is 2. The molecule has 5 nitrogen and oxygen atoms in total. The minimum absolute atomic E-state index is 0.189. The number of thiophene rings is 1. The topological polar surface area (TPSA) is 84.2 Å². The molecule has 0 aliphatic heterocycles. The van der Waals surface area contributed by atoms with Crippen molar-refractivity contribution >= 4 is 23.2 Å². The molecule has 1 heterocycles. The molecule has 1 rings (SSSR count). The number of hydrogen-bond acceptors (Lipinski definition) is 4. The third-order valence-electron chi connectivity index (χ3n) is 1.73. The highest BCUT2D eigenvalue weighted by molar-refractivity contribution is 7.07. The van der Waals surface area contributed by atoms with Gasteiger partial charge in [-0.25, -0.2) is 5.84 Å². The van der Waals surface area contributed by atoms with Gasteiger partial charge in [0.1, 0.15) is 0 Å². The Hall–Kier alpha value is -1.40. The molecule has 1 atom stereocenters. The lowest BCUT2D eigenvalue weighted by atomic mass is 10.2. The minimum Gasteiger partial charge on any atom is -0.341 e. The van der Waals surface area contributed by atoms with Crippen LogP contribution < -0.4 is 16.6 Å². The number of nitrogens with one attached hydrogen (secondary N) is 2. The van der Waals surface area contributed by atoms with E-state index in [1.54, 1.807) is 12.3 Å². The zero-order valence-corrected chi connectivity index (χ0v) is 8.43. The number of hydrazine groups is 1. The van der Waals surface area contributed by atoms with Crippen LogP contribution in [0.5, 0.6) is 0 Å². The van der Waals surface area contributed by atoms with Crippen molar-refractivity contribution in [3.05, 3.63) is 22.4 Å². The summed E-state index contributed by atoms with van der Waals surface area (Å²) in [7, 11) is 0. The fourth-order valence-corrected chi connectivity index (χ4v) is 1.69. The molecule has 0 saturated carbocycles. The summed E-state index contributed by atoms with van der Waals surface area (Å²) in [6.45, 7) is 1.80. The number of amides is 2. The monoisotopic (exact) mass is 213 g/mol. The van der Waals surface area contributed by atoms with Crippen molar-refractivity contribution < 1.29 is 9.59 Å². The van der Waals surface area contributed by atoms with E-state index in [1.165, 1.54) is 11.3 Å². The Morgan fingerprint density at radius 1 is 1.50 bits per heavy atom. The molecule has 14 heavy (non-hydrogen) atoms. The molecule has 0 aliphatic carbocycles. The first-order valence-electron chi connectivity index (χ1n) is 3.98. The molecule has 0 fully saturated rings. The Balaban J connectivity index is 2.53. The van der Waals surface area contributed by atoms with Crippen LogP contribution in [0.2, 0.25) is 0 Å². The SMILES string of the molecule is CC(NC(=O)C(=O)NN)c1ccsc1. The Morgan fingerprint density at radius 2 is 2.21 bits per heavy atom. The van der Waals surface area contributed by atoms with Crippen molar-refractivity contribution in [3.63, 3.8) is 0 Å². The molecule has 1 unspecified atom stereocenters. The van der Waals surface area contributed by atoms with E-state index in [4.69, 9.17) is 5.84 Å². The third-order valence-corrected chi connectivity index (χ3v) is 2.43. The first kappa shape index (κ1) is 10.7. The summed E-state index contributed by atoms with van der Waals surface area (Å²) >= 11 is 1.53. The molecule has 1 aromatic rings. The molecule has 2 amide bonds. The maximum absolute atomic E-state index is 11.1. The Bertz CT molecular complexity index is 323. The molecule has 0 aliphatic rings. The predicted molar refractivity (Wildman–Crippen MR) is 53.2 cm³/mol. The summed E-state index contributed by atoms with van der Waals surface area (Å²) in [6, 6.07) is 1.70. The maximum Gasteiger partial charge on any atom is 0.323 e. The van der Waals surface area contributed by atoms with E-state index in [2.05, 4.69) is 5.32 Å². The predicted octanol–water partition coefficient (Wildman–Crippen LogP) is -0.0848. The highest BCUT2D eigenvalue weighted by atomic mass is 32.1. The van der Waals surface area contributed by atoms with Crippen LogP contribution >= 0.6 is 11.3 Å². The smallest absolute Gasteiger partial charge is 0.323 e. The fourth-order valence-electron chi connectivity index (χ4n) is 0.932. The van der Waals surface area contributed by atoms with Crippen molar-refractivity contribution in [1.29, 1.82) is 0 Å². The van der Waals surface area contributed by atoms with Gasteiger partial charge in [-0.2, -0.15) is 11.3 Å². The lowest BCUT2D eigenvalue weighted by Gasteiger charge is -2.10. The molecule has 6 heteroatoms. The quantitative estimate of drug-likeness (QED) is 0.278. The second kappa shape index (κ2) is 4.73. The zero-order valence-electron chi connectivity index (χ0n) is 7.61. The van der Waals surface area contributed by atoms with E-state index in [-0.39, 0.29) is 6.04 Å². The zero-order chi connectivity index (χ0) is 10.6. The average molecular weight is 213 g/mol. The van der Waals surface area contributed by atoms with Gasteiger partial charge in [-0.3, -0.25) is 15.0 Å². The largest absolute Gasteiger partial charge is 0.341 e. The van der Waals surface area contributed by atoms with Crippen molar-refractivity contribution in [1.82, 2.24) is 10.7 Å². The number of carbonyl (C=O) groups excluding carboxylic acids is 2. The van der Waals surface area contributed by atoms with Crippen molar-refractivity contribution in [2.75, 3.05) is 0 Å². The second-order valence-corrected chi connectivity index (χ2v) is 3.51. The van der Waals surface area contributed by atoms with Gasteiger partial charge in [0.15, 0.2) is 0 Å². The molecule has 1 aromatic heterocycles. The number of nitrogens with two attached hydrogens (primary N) is 1. The van der Waals surface area contributed by atoms with Crippen molar-refractivity contribution in [3.8, 4) is 0 Å². The molecule has 4 N–H and O–H groups in total. The standard InChI is InChI=1S/C8H11N3O2S/c1-5(6-2-3-14-4-6)10-7(12)8(13)11-9/h2-5H,9H2,1H3,(H,10,12)(H,11,13). The van der Waals surface area contributed by atoms with E-state index in [0.717, 1.165) is 5.56 Å². The van der Waals surface area contributed by atoms with Crippen LogP contribution in [-0.4, -0.2) is 11.8 Å². The van der Waals surface area contributed by atoms with E-state index in [0.29, 0.717) is 0 Å². The molecule has 0 aromatic carbocycles. The van der Waals surface area contributed by atoms with E-state index in [9.17, 15) is 9.59 Å². The van der Waals surface area contributed by atoms with Gasteiger partial charge in [-0.05, 0) is 29.3 Å². The third kappa shape index (κ3) is 2.54. The summed E-state index contributed by atoms with van der Waals surface area (Å²) in [5, 5.41) is 6.32. The second-order valence-electron chi connectivity index (χ2n) is 2.73. The summed E-state index contributed by atoms with van der Waals surface area (Å²) in [5.41, 5.74) is 2.73. The van der Waals surface area contributed by atoms with Gasteiger partial charge in [-0.15, -0.1) is 0 Å². The average Bonchev–Trinajstić information content (AvgIpc) is 2.69. The summed E-state index contributed by atoms with van der Waals surface area (Å²) in [5.74, 6) is 3.24. The van der Waals surface area contributed by atoms with Gasteiger partial charge in [0.2, 0.25) is 0 Å². The number of carbonyl (C=O) groups is 2. The van der Waals surface area contributed by atoms with Crippen LogP contribution in [0.3, 0.4) is 0 Å². The van der Waals surface area contributed by atoms with Crippen LogP contribution in [0.15, 0.2) is 16.8 Å². The Labute approximate surface area is 85.3 Å². The summed E-state index contributed by atoms with van der Waals surface area (Å²) in [4.78, 5) is 21.9. The molecule has 0 radical (unpaired) electrons. The molecular weight excluding hydrogens is 202 g/mol. The molecule has 0 saturated heterocycles. The lowest BCUT2D eigenvalue weighted by molar-refractivity contribution is -0.139. The molecule has 0 bridgehead atoms. The highest BCUT2D eigenvalue weighted by Gasteiger charge is 2.15. The molecule has 0 spiro atoms. The number of hydrogen-bond donors (Lipinski definition) is 3. The van der Waals surface area contributed by atoms with Crippen LogP contribution in [0, 0.1) is 0 Å². The summed E-state index contributed by atoms with van der Waals surface area (Å²) < 4.78 is 0. The molecular formula is C8H11N3O2S. The Morgan fingerprint density at radius 3 is 2.71 bits per heavy atom. The van der Waals surface area contributed by atoms with Crippen LogP contribution in [-0.2, 0) is 9.59 Å². The first-order valence-corrected chi connectivity index (χ1v) is 4.93. The van der Waals surface area contributed by atoms with Gasteiger partial charge in [0.05, 0.1) is 6.04 Å². The van der Waals surface area contributed by atoms with E-state index >= 15 is 0 Å². The van der Waals surface area contributed by atoms with Crippen molar-refractivity contribution in [2.24, 2.45) is 5.84 Å². The summed E-state index contributed by atoms with van der Waals surface area (Å²) in [6.07, 6.45) is 0. The molecule has 76 valence electrons. The van der Waals surface area contributed by atoms with Gasteiger partial charge in [0, 0.05) is 0 Å². The normalized spacial score (nSPS) is 11.9. The Kier molecular flexibility index (Phi) is 3.61. The maximum atomic E-state index is 11.1. The highest BCUT2D eigenvalue weighted by Crippen LogP contribution is 2.14. The van der Waals surface area contributed by atoms with E-state index in [1.807, 2.05) is 16.8 Å². The lowest BCUT2D eigenvalue weighted by Crippen LogP contribution is -2.43. The van der Waals surface area contributed by atoms with Gasteiger partial charge < -0.3 is 5.32 Å². The van der Waals surface area contributed by atoms with Crippen LogP contribution in [0.25, 0.3) is 0 Å². The van der Waals surface area contributed by atoms with Crippen molar-refractivity contribution in [2.45, 2.75) is 13.0 Å². The van der Waals surface area contributed by atoms with E-state index < -0.39 is 11.8 Å².